The molecule has 0 atom stereocenters. The third-order valence-electron chi connectivity index (χ3n) is 5.26. The lowest BCUT2D eigenvalue weighted by Crippen LogP contribution is -2.37. The number of aromatic nitrogens is 4. The lowest BCUT2D eigenvalue weighted by molar-refractivity contribution is 0.122. The minimum absolute atomic E-state index is 0.150. The number of nitrogens with zero attached hydrogens (tertiary/aromatic N) is 5. The van der Waals surface area contributed by atoms with Gasteiger partial charge in [-0.15, -0.1) is 0 Å². The number of ether oxygens (including phenoxy) is 3. The number of benzene rings is 1. The van der Waals surface area contributed by atoms with Gasteiger partial charge in [0.05, 0.1) is 32.0 Å². The SMILES string of the molecule is CCOc1cc(Cc2cnc(N)nc2N)cc(OCC)c1-c1cnc(N2CCOCC2)nc1. The Morgan fingerprint density at radius 3 is 2.15 bits per heavy atom. The molecule has 0 aliphatic carbocycles. The number of morpholine rings is 1. The topological polar surface area (TPSA) is 135 Å². The van der Waals surface area contributed by atoms with Crippen molar-refractivity contribution in [2.75, 3.05) is 55.9 Å². The second kappa shape index (κ2) is 10.3. The molecule has 0 spiro atoms. The van der Waals surface area contributed by atoms with Crippen molar-refractivity contribution in [3.8, 4) is 22.6 Å². The van der Waals surface area contributed by atoms with Crippen LogP contribution in [0, 0.1) is 0 Å². The molecule has 3 aromatic rings. The Morgan fingerprint density at radius 1 is 0.939 bits per heavy atom. The highest BCUT2D eigenvalue weighted by Crippen LogP contribution is 2.40. The summed E-state index contributed by atoms with van der Waals surface area (Å²) in [6.07, 6.45) is 5.77. The molecule has 4 rings (SSSR count). The minimum atomic E-state index is 0.150. The molecular formula is C23H29N7O3. The Kier molecular flexibility index (Phi) is 7.04. The monoisotopic (exact) mass is 451 g/mol. The second-order valence-electron chi connectivity index (χ2n) is 7.52. The van der Waals surface area contributed by atoms with Gasteiger partial charge in [-0.2, -0.15) is 4.98 Å². The van der Waals surface area contributed by atoms with E-state index in [-0.39, 0.29) is 5.95 Å². The minimum Gasteiger partial charge on any atom is -0.493 e. The van der Waals surface area contributed by atoms with E-state index >= 15 is 0 Å². The molecule has 1 aliphatic heterocycles. The Morgan fingerprint density at radius 2 is 1.58 bits per heavy atom. The number of nitrogens with two attached hydrogens (primary N) is 2. The molecule has 1 aliphatic rings. The maximum absolute atomic E-state index is 6.04. The maximum Gasteiger partial charge on any atom is 0.225 e. The van der Waals surface area contributed by atoms with E-state index in [1.54, 1.807) is 6.20 Å². The first-order chi connectivity index (χ1) is 16.1. The van der Waals surface area contributed by atoms with Gasteiger partial charge in [-0.05, 0) is 31.5 Å². The summed E-state index contributed by atoms with van der Waals surface area (Å²) in [6, 6.07) is 3.96. The van der Waals surface area contributed by atoms with E-state index in [1.165, 1.54) is 0 Å². The molecule has 0 bridgehead atoms. The van der Waals surface area contributed by atoms with Gasteiger partial charge >= 0.3 is 0 Å². The van der Waals surface area contributed by atoms with Gasteiger partial charge < -0.3 is 30.6 Å². The molecular weight excluding hydrogens is 422 g/mol. The predicted molar refractivity (Wildman–Crippen MR) is 127 cm³/mol. The average molecular weight is 452 g/mol. The fraction of sp³-hybridized carbons (Fsp3) is 0.391. The lowest BCUT2D eigenvalue weighted by Gasteiger charge is -2.26. The zero-order chi connectivity index (χ0) is 23.2. The van der Waals surface area contributed by atoms with E-state index in [9.17, 15) is 0 Å². The molecule has 1 aromatic carbocycles. The van der Waals surface area contributed by atoms with Gasteiger partial charge in [0.2, 0.25) is 11.9 Å². The largest absolute Gasteiger partial charge is 0.493 e. The highest BCUT2D eigenvalue weighted by molar-refractivity contribution is 5.77. The van der Waals surface area contributed by atoms with Crippen LogP contribution in [-0.2, 0) is 11.2 Å². The van der Waals surface area contributed by atoms with Gasteiger partial charge in [-0.1, -0.05) is 0 Å². The fourth-order valence-electron chi connectivity index (χ4n) is 3.74. The van der Waals surface area contributed by atoms with E-state index in [1.807, 2.05) is 38.4 Å². The Bertz CT molecular complexity index is 1060. The number of anilines is 3. The highest BCUT2D eigenvalue weighted by Gasteiger charge is 2.19. The zero-order valence-electron chi connectivity index (χ0n) is 19.0. The lowest BCUT2D eigenvalue weighted by atomic mass is 10.00. The van der Waals surface area contributed by atoms with Crippen LogP contribution in [0.4, 0.5) is 17.7 Å². The van der Waals surface area contributed by atoms with Crippen molar-refractivity contribution in [1.29, 1.82) is 0 Å². The van der Waals surface area contributed by atoms with Crippen molar-refractivity contribution in [2.45, 2.75) is 20.3 Å². The Balaban J connectivity index is 1.70. The predicted octanol–water partition coefficient (Wildman–Crippen LogP) is 2.32. The van der Waals surface area contributed by atoms with Gasteiger partial charge in [0, 0.05) is 49.2 Å². The summed E-state index contributed by atoms with van der Waals surface area (Å²) >= 11 is 0. The van der Waals surface area contributed by atoms with Crippen LogP contribution in [0.25, 0.3) is 11.1 Å². The highest BCUT2D eigenvalue weighted by atomic mass is 16.5. The van der Waals surface area contributed by atoms with E-state index in [0.29, 0.717) is 56.1 Å². The van der Waals surface area contributed by atoms with Crippen LogP contribution >= 0.6 is 0 Å². The van der Waals surface area contributed by atoms with Crippen molar-refractivity contribution < 1.29 is 14.2 Å². The van der Waals surface area contributed by atoms with Crippen LogP contribution in [0.5, 0.6) is 11.5 Å². The van der Waals surface area contributed by atoms with Gasteiger partial charge in [0.1, 0.15) is 17.3 Å². The second-order valence-corrected chi connectivity index (χ2v) is 7.52. The van der Waals surface area contributed by atoms with Crippen LogP contribution in [0.15, 0.2) is 30.7 Å². The Labute approximate surface area is 192 Å². The summed E-state index contributed by atoms with van der Waals surface area (Å²) in [6.45, 7) is 7.81. The summed E-state index contributed by atoms with van der Waals surface area (Å²) in [4.78, 5) is 19.4. The summed E-state index contributed by atoms with van der Waals surface area (Å²) < 4.78 is 17.4. The van der Waals surface area contributed by atoms with E-state index in [2.05, 4.69) is 24.8 Å². The van der Waals surface area contributed by atoms with Crippen molar-refractivity contribution in [3.63, 3.8) is 0 Å². The van der Waals surface area contributed by atoms with E-state index in [0.717, 1.165) is 35.3 Å². The standard InChI is InChI=1S/C23H29N7O3/c1-3-32-18-10-15(9-16-12-26-22(25)29-21(16)24)11-19(33-4-2)20(18)17-13-27-23(28-14-17)30-5-7-31-8-6-30/h10-14H,3-9H2,1-2H3,(H4,24,25,26,29). The zero-order valence-corrected chi connectivity index (χ0v) is 19.0. The molecule has 1 saturated heterocycles. The van der Waals surface area contributed by atoms with Crippen LogP contribution in [0.1, 0.15) is 25.0 Å². The molecule has 0 unspecified atom stereocenters. The van der Waals surface area contributed by atoms with E-state index < -0.39 is 0 Å². The molecule has 33 heavy (non-hydrogen) atoms. The molecule has 0 amide bonds. The molecule has 174 valence electrons. The number of hydrogen-bond acceptors (Lipinski definition) is 10. The molecule has 2 aromatic heterocycles. The van der Waals surface area contributed by atoms with Crippen LogP contribution in [-0.4, -0.2) is 59.5 Å². The first kappa shape index (κ1) is 22.5. The van der Waals surface area contributed by atoms with Crippen molar-refractivity contribution in [2.24, 2.45) is 0 Å². The number of rotatable bonds is 8. The van der Waals surface area contributed by atoms with Crippen molar-refractivity contribution >= 4 is 17.7 Å². The summed E-state index contributed by atoms with van der Waals surface area (Å²) in [5.41, 5.74) is 15.0. The van der Waals surface area contributed by atoms with Crippen LogP contribution in [0.3, 0.4) is 0 Å². The maximum atomic E-state index is 6.04. The number of nitrogen functional groups attached to an aromatic ring is 2. The number of hydrogen-bond donors (Lipinski definition) is 2. The normalized spacial score (nSPS) is 13.7. The molecule has 0 radical (unpaired) electrons. The van der Waals surface area contributed by atoms with Crippen molar-refractivity contribution in [3.05, 3.63) is 41.9 Å². The molecule has 4 N–H and O–H groups in total. The summed E-state index contributed by atoms with van der Waals surface area (Å²) in [5, 5.41) is 0. The third-order valence-corrected chi connectivity index (χ3v) is 5.26. The molecule has 1 fully saturated rings. The van der Waals surface area contributed by atoms with Crippen LogP contribution < -0.4 is 25.8 Å². The first-order valence-electron chi connectivity index (χ1n) is 11.0. The van der Waals surface area contributed by atoms with Gasteiger partial charge in [-0.3, -0.25) is 0 Å². The van der Waals surface area contributed by atoms with Gasteiger partial charge in [-0.25, -0.2) is 15.0 Å². The van der Waals surface area contributed by atoms with Crippen LogP contribution in [0.2, 0.25) is 0 Å². The first-order valence-corrected chi connectivity index (χ1v) is 11.0. The molecule has 0 saturated carbocycles. The quantitative estimate of drug-likeness (QED) is 0.525. The fourth-order valence-corrected chi connectivity index (χ4v) is 3.74. The smallest absolute Gasteiger partial charge is 0.225 e. The summed E-state index contributed by atoms with van der Waals surface area (Å²) in [5.74, 6) is 2.58. The summed E-state index contributed by atoms with van der Waals surface area (Å²) in [7, 11) is 0. The average Bonchev–Trinajstić information content (AvgIpc) is 2.82. The van der Waals surface area contributed by atoms with E-state index in [4.69, 9.17) is 25.7 Å². The third kappa shape index (κ3) is 5.23. The molecule has 10 nitrogen and oxygen atoms in total. The van der Waals surface area contributed by atoms with Gasteiger partial charge in [0.15, 0.2) is 0 Å². The molecule has 10 heteroatoms. The molecule has 3 heterocycles. The van der Waals surface area contributed by atoms with Crippen molar-refractivity contribution in [1.82, 2.24) is 19.9 Å². The van der Waals surface area contributed by atoms with Gasteiger partial charge in [0.25, 0.3) is 0 Å². The Hall–Kier alpha value is -3.66.